The summed E-state index contributed by atoms with van der Waals surface area (Å²) in [6.07, 6.45) is 26.1. The van der Waals surface area contributed by atoms with Crippen LogP contribution >= 0.6 is 0 Å². The van der Waals surface area contributed by atoms with Gasteiger partial charge in [0.25, 0.3) is 5.82 Å². The number of nitrogens with one attached hydrogen (secondary N) is 1. The number of aromatic amines is 1. The Balaban J connectivity index is 1.84. The van der Waals surface area contributed by atoms with Gasteiger partial charge in [-0.1, -0.05) is 76.9 Å². The van der Waals surface area contributed by atoms with Crippen molar-refractivity contribution in [2.75, 3.05) is 0 Å². The van der Waals surface area contributed by atoms with Crippen molar-refractivity contribution in [2.24, 2.45) is 7.05 Å². The van der Waals surface area contributed by atoms with Crippen molar-refractivity contribution >= 4 is 0 Å². The largest absolute Gasteiger partial charge is 0.380 e. The number of aliphatic hydroxyl groups excluding tert-OH is 1. The van der Waals surface area contributed by atoms with Gasteiger partial charge in [-0.2, -0.15) is 0 Å². The zero-order chi connectivity index (χ0) is 18.2. The van der Waals surface area contributed by atoms with Crippen LogP contribution in [0.25, 0.3) is 0 Å². The molecule has 0 bridgehead atoms. The Morgan fingerprint density at radius 1 is 0.920 bits per heavy atom. The topological polar surface area (TPSA) is 39.9 Å². The molecule has 0 aliphatic rings. The number of imidazole rings is 1. The minimum atomic E-state index is -0.357. The average Bonchev–Trinajstić information content (AvgIpc) is 3.04. The highest BCUT2D eigenvalue weighted by molar-refractivity contribution is 4.83. The normalized spacial score (nSPS) is 12.9. The molecule has 1 aromatic heterocycles. The fourth-order valence-electron chi connectivity index (χ4n) is 3.29. The second-order valence-corrected chi connectivity index (χ2v) is 7.34. The van der Waals surface area contributed by atoms with E-state index in [4.69, 9.17) is 0 Å². The number of aliphatic hydroxyl groups is 1. The molecule has 3 nitrogen and oxygen atoms in total. The van der Waals surface area contributed by atoms with E-state index in [0.29, 0.717) is 0 Å². The summed E-state index contributed by atoms with van der Waals surface area (Å²) in [5.41, 5.74) is 0. The van der Waals surface area contributed by atoms with Gasteiger partial charge in [-0.25, -0.2) is 9.55 Å². The molecule has 0 radical (unpaired) electrons. The Bertz CT molecular complexity index is 439. The van der Waals surface area contributed by atoms with Crippen LogP contribution < -0.4 is 4.57 Å². The molecular formula is C22H41N2O+. The van der Waals surface area contributed by atoms with E-state index in [1.54, 1.807) is 0 Å². The fourth-order valence-corrected chi connectivity index (χ4v) is 3.29. The average molecular weight is 350 g/mol. The van der Waals surface area contributed by atoms with Crippen LogP contribution in [0, 0.1) is 0 Å². The second kappa shape index (κ2) is 15.2. The summed E-state index contributed by atoms with van der Waals surface area (Å²) in [7, 11) is 1.97. The summed E-state index contributed by atoms with van der Waals surface area (Å²) < 4.78 is 1.96. The first-order valence-corrected chi connectivity index (χ1v) is 10.6. The fraction of sp³-hybridized carbons (Fsp3) is 0.773. The van der Waals surface area contributed by atoms with E-state index in [1.807, 2.05) is 24.0 Å². The van der Waals surface area contributed by atoms with Gasteiger partial charge in [0.2, 0.25) is 0 Å². The van der Waals surface area contributed by atoms with E-state index < -0.39 is 0 Å². The van der Waals surface area contributed by atoms with Crippen LogP contribution in [0.5, 0.6) is 0 Å². The Hall–Kier alpha value is -1.09. The van der Waals surface area contributed by atoms with Gasteiger partial charge in [-0.3, -0.25) is 0 Å². The predicted octanol–water partition coefficient (Wildman–Crippen LogP) is 5.91. The molecule has 0 saturated carbocycles. The highest BCUT2D eigenvalue weighted by Crippen LogP contribution is 2.16. The lowest BCUT2D eigenvalue weighted by atomic mass is 10.1. The van der Waals surface area contributed by atoms with E-state index in [9.17, 15) is 5.11 Å². The van der Waals surface area contributed by atoms with Crippen molar-refractivity contribution in [2.45, 2.75) is 103 Å². The van der Waals surface area contributed by atoms with Crippen LogP contribution in [-0.4, -0.2) is 10.1 Å². The number of hydrogen-bond donors (Lipinski definition) is 2. The van der Waals surface area contributed by atoms with Crippen molar-refractivity contribution in [3.8, 4) is 0 Å². The Kier molecular flexibility index (Phi) is 13.3. The van der Waals surface area contributed by atoms with E-state index in [0.717, 1.165) is 18.7 Å². The summed E-state index contributed by atoms with van der Waals surface area (Å²) in [5, 5.41) is 10.1. The van der Waals surface area contributed by atoms with Crippen LogP contribution in [0.3, 0.4) is 0 Å². The molecule has 25 heavy (non-hydrogen) atoms. The maximum atomic E-state index is 10.1. The second-order valence-electron chi connectivity index (χ2n) is 7.34. The number of allylic oxidation sites excluding steroid dienone is 2. The lowest BCUT2D eigenvalue weighted by molar-refractivity contribution is -0.681. The zero-order valence-electron chi connectivity index (χ0n) is 16.7. The van der Waals surface area contributed by atoms with Gasteiger partial charge >= 0.3 is 0 Å². The molecule has 1 rings (SSSR count). The van der Waals surface area contributed by atoms with Gasteiger partial charge < -0.3 is 5.11 Å². The SMILES string of the molecule is CCCCCCCC/C=C\CCCCCCCC(O)c1[nH]cc[n+]1C. The highest BCUT2D eigenvalue weighted by atomic mass is 16.3. The summed E-state index contributed by atoms with van der Waals surface area (Å²) in [4.78, 5) is 3.11. The summed E-state index contributed by atoms with van der Waals surface area (Å²) in [5.74, 6) is 0.913. The first kappa shape index (κ1) is 22.0. The van der Waals surface area contributed by atoms with E-state index in [1.165, 1.54) is 77.0 Å². The number of rotatable bonds is 16. The molecule has 1 heterocycles. The van der Waals surface area contributed by atoms with Gasteiger partial charge in [0, 0.05) is 0 Å². The third-order valence-corrected chi connectivity index (χ3v) is 4.96. The number of aryl methyl sites for hydroxylation is 1. The molecule has 0 fully saturated rings. The molecule has 0 aliphatic heterocycles. The molecule has 144 valence electrons. The van der Waals surface area contributed by atoms with Crippen LogP contribution in [0.15, 0.2) is 24.5 Å². The number of nitrogens with zero attached hydrogens (tertiary/aromatic N) is 1. The van der Waals surface area contributed by atoms with Crippen molar-refractivity contribution in [3.63, 3.8) is 0 Å². The maximum absolute atomic E-state index is 10.1. The predicted molar refractivity (Wildman–Crippen MR) is 106 cm³/mol. The minimum Gasteiger partial charge on any atom is -0.380 e. The quantitative estimate of drug-likeness (QED) is 0.217. The van der Waals surface area contributed by atoms with Crippen LogP contribution in [-0.2, 0) is 7.05 Å². The summed E-state index contributed by atoms with van der Waals surface area (Å²) >= 11 is 0. The van der Waals surface area contributed by atoms with Crippen molar-refractivity contribution in [1.82, 2.24) is 4.98 Å². The third-order valence-electron chi connectivity index (χ3n) is 4.96. The lowest BCUT2D eigenvalue weighted by Gasteiger charge is -2.06. The van der Waals surface area contributed by atoms with E-state index >= 15 is 0 Å². The molecule has 1 aromatic rings. The van der Waals surface area contributed by atoms with Gasteiger partial charge in [0.15, 0.2) is 6.10 Å². The van der Waals surface area contributed by atoms with Crippen LogP contribution in [0.2, 0.25) is 0 Å². The number of H-pyrrole nitrogens is 1. The molecular weight excluding hydrogens is 308 g/mol. The van der Waals surface area contributed by atoms with Crippen molar-refractivity contribution < 1.29 is 9.67 Å². The summed E-state index contributed by atoms with van der Waals surface area (Å²) in [6, 6.07) is 0. The Labute approximate surface area is 155 Å². The van der Waals surface area contributed by atoms with Crippen LogP contribution in [0.4, 0.5) is 0 Å². The van der Waals surface area contributed by atoms with E-state index in [-0.39, 0.29) is 6.10 Å². The molecule has 1 unspecified atom stereocenters. The van der Waals surface area contributed by atoms with Gasteiger partial charge in [0.05, 0.1) is 7.05 Å². The monoisotopic (exact) mass is 349 g/mol. The first-order valence-electron chi connectivity index (χ1n) is 10.6. The Morgan fingerprint density at radius 3 is 2.04 bits per heavy atom. The molecule has 0 aromatic carbocycles. The van der Waals surface area contributed by atoms with Gasteiger partial charge in [-0.15, -0.1) is 0 Å². The number of hydrogen-bond acceptors (Lipinski definition) is 1. The lowest BCUT2D eigenvalue weighted by Crippen LogP contribution is -2.32. The molecule has 3 heteroatoms. The molecule has 0 saturated heterocycles. The first-order chi connectivity index (χ1) is 12.3. The van der Waals surface area contributed by atoms with Crippen molar-refractivity contribution in [1.29, 1.82) is 0 Å². The Morgan fingerprint density at radius 2 is 1.48 bits per heavy atom. The molecule has 1 atom stereocenters. The van der Waals surface area contributed by atoms with Gasteiger partial charge in [0.1, 0.15) is 12.4 Å². The molecule has 0 amide bonds. The maximum Gasteiger partial charge on any atom is 0.283 e. The van der Waals surface area contributed by atoms with Crippen LogP contribution in [0.1, 0.15) is 109 Å². The number of unbranched alkanes of at least 4 members (excludes halogenated alkanes) is 11. The standard InChI is InChI=1S/C22H40N2O/c1-3-4-5-6-7-8-9-10-11-12-13-14-15-16-17-18-21(25)22-23-19-20-24(22)2/h10-11,19-21,25H,3-9,12-18H2,1-2H3/p+1/b11-10-. The highest BCUT2D eigenvalue weighted by Gasteiger charge is 2.17. The summed E-state index contributed by atoms with van der Waals surface area (Å²) in [6.45, 7) is 2.27. The molecule has 2 N–H and O–H groups in total. The smallest absolute Gasteiger partial charge is 0.283 e. The van der Waals surface area contributed by atoms with Crippen molar-refractivity contribution in [3.05, 3.63) is 30.4 Å². The van der Waals surface area contributed by atoms with Gasteiger partial charge in [-0.05, 0) is 32.1 Å². The minimum absolute atomic E-state index is 0.357. The zero-order valence-corrected chi connectivity index (χ0v) is 16.7. The number of aromatic nitrogens is 2. The third kappa shape index (κ3) is 11.2. The van der Waals surface area contributed by atoms with E-state index in [2.05, 4.69) is 24.1 Å². The molecule has 0 spiro atoms. The molecule has 0 aliphatic carbocycles.